The minimum atomic E-state index is 0.906. The lowest BCUT2D eigenvalue weighted by molar-refractivity contribution is 1.43. The van der Waals surface area contributed by atoms with Crippen LogP contribution in [0.2, 0.25) is 0 Å². The van der Waals surface area contributed by atoms with Crippen molar-refractivity contribution in [1.29, 1.82) is 0 Å². The minimum Gasteiger partial charge on any atom is -0.264 e. The van der Waals surface area contributed by atoms with Gasteiger partial charge in [-0.25, -0.2) is 0 Å². The Bertz CT molecular complexity index is 355. The van der Waals surface area contributed by atoms with Crippen molar-refractivity contribution >= 4 is 12.4 Å². The zero-order chi connectivity index (χ0) is 10.4. The van der Waals surface area contributed by atoms with Crippen molar-refractivity contribution in [2.75, 3.05) is 0 Å². The van der Waals surface area contributed by atoms with E-state index in [1.807, 2.05) is 25.2 Å². The number of aryl methyl sites for hydroxylation is 1. The summed E-state index contributed by atoms with van der Waals surface area (Å²) < 4.78 is 0. The molecule has 1 aromatic carbocycles. The molecule has 0 saturated heterocycles. The molecule has 0 bridgehead atoms. The van der Waals surface area contributed by atoms with E-state index >= 15 is 0 Å². The van der Waals surface area contributed by atoms with Gasteiger partial charge >= 0.3 is 0 Å². The Kier molecular flexibility index (Phi) is 3.86. The lowest BCUT2D eigenvalue weighted by Gasteiger charge is -2.00. The van der Waals surface area contributed by atoms with E-state index in [2.05, 4.69) is 42.9 Å². The van der Waals surface area contributed by atoms with E-state index in [-0.39, 0.29) is 0 Å². The first-order valence-corrected chi connectivity index (χ1v) is 4.64. The first-order valence-electron chi connectivity index (χ1n) is 4.64. The second-order valence-corrected chi connectivity index (χ2v) is 3.10. The van der Waals surface area contributed by atoms with Crippen LogP contribution < -0.4 is 0 Å². The van der Waals surface area contributed by atoms with Crippen LogP contribution in [0.15, 0.2) is 47.5 Å². The summed E-state index contributed by atoms with van der Waals surface area (Å²) in [6.07, 6.45) is 5.89. The molecular formula is C13H15N. The van der Waals surface area contributed by atoms with Gasteiger partial charge in [0.25, 0.3) is 0 Å². The summed E-state index contributed by atoms with van der Waals surface area (Å²) in [7, 11) is 0. The third-order valence-corrected chi connectivity index (χ3v) is 1.96. The molecule has 1 rings (SSSR count). The molecule has 72 valence electrons. The molecule has 0 radical (unpaired) electrons. The fraction of sp³-hybridized carbons (Fsp3) is 0.154. The van der Waals surface area contributed by atoms with Gasteiger partial charge in [-0.05, 0) is 26.6 Å². The van der Waals surface area contributed by atoms with Gasteiger partial charge in [-0.3, -0.25) is 4.99 Å². The maximum atomic E-state index is 3.99. The molecule has 1 heteroatoms. The summed E-state index contributed by atoms with van der Waals surface area (Å²) in [5.41, 5.74) is 3.26. The van der Waals surface area contributed by atoms with E-state index < -0.39 is 0 Å². The van der Waals surface area contributed by atoms with E-state index in [4.69, 9.17) is 0 Å². The molecule has 1 nitrogen and oxygen atoms in total. The number of aliphatic imine (C=N–C) groups is 1. The Labute approximate surface area is 85.5 Å². The number of nitrogens with zero attached hydrogens (tertiary/aromatic N) is 1. The molecular weight excluding hydrogens is 170 g/mol. The quantitative estimate of drug-likeness (QED) is 0.504. The van der Waals surface area contributed by atoms with E-state index in [0.717, 1.165) is 11.3 Å². The lowest BCUT2D eigenvalue weighted by Crippen LogP contribution is -1.80. The number of allylic oxidation sites excluding steroid dienone is 3. The average Bonchev–Trinajstić information content (AvgIpc) is 2.21. The zero-order valence-electron chi connectivity index (χ0n) is 8.70. The summed E-state index contributed by atoms with van der Waals surface area (Å²) >= 11 is 0. The predicted octanol–water partition coefficient (Wildman–Crippen LogP) is 3.61. The van der Waals surface area contributed by atoms with Gasteiger partial charge in [-0.2, -0.15) is 0 Å². The number of rotatable bonds is 3. The number of hydrogen-bond donors (Lipinski definition) is 0. The SMILES string of the molecule is C=N/C(=C\C=C/C)c1ccc(C)cc1. The van der Waals surface area contributed by atoms with Crippen molar-refractivity contribution in [2.45, 2.75) is 13.8 Å². The maximum absolute atomic E-state index is 3.99. The molecule has 0 heterocycles. The van der Waals surface area contributed by atoms with Gasteiger partial charge in [-0.15, -0.1) is 0 Å². The highest BCUT2D eigenvalue weighted by Crippen LogP contribution is 2.15. The van der Waals surface area contributed by atoms with E-state index in [1.165, 1.54) is 5.56 Å². The van der Waals surface area contributed by atoms with Gasteiger partial charge in [0.15, 0.2) is 0 Å². The predicted molar refractivity (Wildman–Crippen MR) is 63.5 cm³/mol. The monoisotopic (exact) mass is 185 g/mol. The molecule has 0 amide bonds. The molecule has 0 unspecified atom stereocenters. The van der Waals surface area contributed by atoms with Crippen molar-refractivity contribution < 1.29 is 0 Å². The van der Waals surface area contributed by atoms with Crippen LogP contribution in [0.5, 0.6) is 0 Å². The molecule has 0 aliphatic rings. The molecule has 14 heavy (non-hydrogen) atoms. The second kappa shape index (κ2) is 5.18. The fourth-order valence-electron chi connectivity index (χ4n) is 1.15. The van der Waals surface area contributed by atoms with Crippen LogP contribution in [0.25, 0.3) is 5.70 Å². The van der Waals surface area contributed by atoms with Gasteiger partial charge in [0.1, 0.15) is 0 Å². The molecule has 0 aliphatic heterocycles. The van der Waals surface area contributed by atoms with Crippen molar-refractivity contribution in [1.82, 2.24) is 0 Å². The summed E-state index contributed by atoms with van der Waals surface area (Å²) in [6.45, 7) is 7.61. The van der Waals surface area contributed by atoms with Crippen LogP contribution >= 0.6 is 0 Å². The van der Waals surface area contributed by atoms with Crippen LogP contribution in [-0.2, 0) is 0 Å². The topological polar surface area (TPSA) is 12.4 Å². The Balaban J connectivity index is 3.01. The van der Waals surface area contributed by atoms with Crippen LogP contribution in [-0.4, -0.2) is 6.72 Å². The standard InChI is InChI=1S/C13H15N/c1-4-5-6-13(14-3)12-9-7-11(2)8-10-12/h4-10H,3H2,1-2H3/b5-4-,13-6-. The molecule has 0 spiro atoms. The normalized spacial score (nSPS) is 12.0. The smallest absolute Gasteiger partial charge is 0.0694 e. The van der Waals surface area contributed by atoms with E-state index in [0.29, 0.717) is 0 Å². The highest BCUT2D eigenvalue weighted by Gasteiger charge is 1.95. The number of benzene rings is 1. The summed E-state index contributed by atoms with van der Waals surface area (Å²) in [4.78, 5) is 3.99. The lowest BCUT2D eigenvalue weighted by atomic mass is 10.1. The molecule has 0 aromatic heterocycles. The summed E-state index contributed by atoms with van der Waals surface area (Å²) in [5, 5.41) is 0. The van der Waals surface area contributed by atoms with Gasteiger partial charge in [-0.1, -0.05) is 42.0 Å². The van der Waals surface area contributed by atoms with Gasteiger partial charge in [0, 0.05) is 5.56 Å². The van der Waals surface area contributed by atoms with Gasteiger partial charge in [0.2, 0.25) is 0 Å². The van der Waals surface area contributed by atoms with E-state index in [1.54, 1.807) is 0 Å². The third kappa shape index (κ3) is 2.70. The highest BCUT2D eigenvalue weighted by molar-refractivity contribution is 5.69. The molecule has 0 N–H and O–H groups in total. The summed E-state index contributed by atoms with van der Waals surface area (Å²) in [6, 6.07) is 8.26. The summed E-state index contributed by atoms with van der Waals surface area (Å²) in [5.74, 6) is 0. The Morgan fingerprint density at radius 2 is 1.93 bits per heavy atom. The van der Waals surface area contributed by atoms with Crippen LogP contribution in [0, 0.1) is 6.92 Å². The first kappa shape index (κ1) is 10.5. The van der Waals surface area contributed by atoms with Crippen LogP contribution in [0.3, 0.4) is 0 Å². The fourth-order valence-corrected chi connectivity index (χ4v) is 1.15. The van der Waals surface area contributed by atoms with Crippen LogP contribution in [0.1, 0.15) is 18.1 Å². The Hall–Kier alpha value is -1.63. The minimum absolute atomic E-state index is 0.906. The Morgan fingerprint density at radius 1 is 1.29 bits per heavy atom. The molecule has 0 fully saturated rings. The zero-order valence-corrected chi connectivity index (χ0v) is 8.70. The van der Waals surface area contributed by atoms with Crippen molar-refractivity contribution in [3.05, 3.63) is 53.6 Å². The largest absolute Gasteiger partial charge is 0.264 e. The number of hydrogen-bond acceptors (Lipinski definition) is 1. The van der Waals surface area contributed by atoms with Gasteiger partial charge in [0.05, 0.1) is 5.70 Å². The maximum Gasteiger partial charge on any atom is 0.0694 e. The first-order chi connectivity index (χ1) is 6.77. The second-order valence-electron chi connectivity index (χ2n) is 3.10. The van der Waals surface area contributed by atoms with Crippen molar-refractivity contribution in [2.24, 2.45) is 4.99 Å². The average molecular weight is 185 g/mol. The Morgan fingerprint density at radius 3 is 2.43 bits per heavy atom. The molecule has 0 atom stereocenters. The molecule has 0 saturated carbocycles. The van der Waals surface area contributed by atoms with Crippen molar-refractivity contribution in [3.8, 4) is 0 Å². The third-order valence-electron chi connectivity index (χ3n) is 1.96. The van der Waals surface area contributed by atoms with E-state index in [9.17, 15) is 0 Å². The highest BCUT2D eigenvalue weighted by atomic mass is 14.7. The molecule has 1 aromatic rings. The van der Waals surface area contributed by atoms with Crippen LogP contribution in [0.4, 0.5) is 0 Å². The molecule has 0 aliphatic carbocycles. The van der Waals surface area contributed by atoms with Gasteiger partial charge < -0.3 is 0 Å². The van der Waals surface area contributed by atoms with Crippen molar-refractivity contribution in [3.63, 3.8) is 0 Å².